The minimum atomic E-state index is -0.690. The molecule has 0 aromatic heterocycles. The molecule has 1 aromatic rings. The molecule has 0 bridgehead atoms. The molecule has 18 heavy (non-hydrogen) atoms. The average Bonchev–Trinajstić information content (AvgIpc) is 3.13. The highest BCUT2D eigenvalue weighted by Gasteiger charge is 2.47. The highest BCUT2D eigenvalue weighted by Crippen LogP contribution is 2.47. The van der Waals surface area contributed by atoms with Crippen LogP contribution < -0.4 is 5.73 Å². The highest BCUT2D eigenvalue weighted by molar-refractivity contribution is 9.10. The first-order valence-electron chi connectivity index (χ1n) is 6.02. The maximum absolute atomic E-state index is 12.2. The molecule has 0 spiro atoms. The Bertz CT molecular complexity index is 479. The lowest BCUT2D eigenvalue weighted by molar-refractivity contribution is -0.127. The number of hydrogen-bond acceptors (Lipinski definition) is 2. The summed E-state index contributed by atoms with van der Waals surface area (Å²) in [7, 11) is 0. The van der Waals surface area contributed by atoms with Gasteiger partial charge in [-0.15, -0.1) is 0 Å². The molecule has 0 aliphatic heterocycles. The molecule has 1 aliphatic rings. The van der Waals surface area contributed by atoms with E-state index in [1.54, 1.807) is 12.1 Å². The standard InChI is InChI=1S/C14H16BrNO2/c1-14(13(16)18,10-4-5-10)8-12(17)9-2-6-11(15)7-3-9/h2-3,6-7,10H,4-5,8H2,1H3,(H2,16,18). The number of benzene rings is 1. The van der Waals surface area contributed by atoms with Gasteiger partial charge in [-0.25, -0.2) is 0 Å². The molecule has 1 unspecified atom stereocenters. The Morgan fingerprint density at radius 2 is 1.89 bits per heavy atom. The van der Waals surface area contributed by atoms with E-state index in [9.17, 15) is 9.59 Å². The second kappa shape index (κ2) is 4.84. The Kier molecular flexibility index (Phi) is 3.57. The molecular weight excluding hydrogens is 294 g/mol. The molecule has 2 N–H and O–H groups in total. The van der Waals surface area contributed by atoms with Gasteiger partial charge in [0.1, 0.15) is 0 Å². The van der Waals surface area contributed by atoms with Gasteiger partial charge < -0.3 is 5.73 Å². The zero-order chi connectivity index (χ0) is 13.3. The Morgan fingerprint density at radius 3 is 2.33 bits per heavy atom. The molecule has 1 amide bonds. The van der Waals surface area contributed by atoms with E-state index in [0.717, 1.165) is 17.3 Å². The van der Waals surface area contributed by atoms with Gasteiger partial charge in [0.05, 0.1) is 5.41 Å². The predicted molar refractivity (Wildman–Crippen MR) is 73.1 cm³/mol. The summed E-state index contributed by atoms with van der Waals surface area (Å²) in [4.78, 5) is 23.8. The first kappa shape index (κ1) is 13.3. The van der Waals surface area contributed by atoms with E-state index in [-0.39, 0.29) is 24.0 Å². The van der Waals surface area contributed by atoms with Crippen LogP contribution in [0.4, 0.5) is 0 Å². The molecule has 1 fully saturated rings. The Morgan fingerprint density at radius 1 is 1.33 bits per heavy atom. The summed E-state index contributed by atoms with van der Waals surface area (Å²) in [6.45, 7) is 1.81. The van der Waals surface area contributed by atoms with Crippen LogP contribution in [-0.2, 0) is 4.79 Å². The number of primary amides is 1. The molecule has 4 heteroatoms. The van der Waals surface area contributed by atoms with E-state index < -0.39 is 5.41 Å². The molecule has 0 saturated heterocycles. The lowest BCUT2D eigenvalue weighted by Gasteiger charge is -2.24. The van der Waals surface area contributed by atoms with Crippen molar-refractivity contribution >= 4 is 27.6 Å². The summed E-state index contributed by atoms with van der Waals surface area (Å²) >= 11 is 3.33. The quantitative estimate of drug-likeness (QED) is 0.850. The van der Waals surface area contributed by atoms with Crippen LogP contribution in [0.5, 0.6) is 0 Å². The van der Waals surface area contributed by atoms with Crippen LogP contribution in [0.25, 0.3) is 0 Å². The van der Waals surface area contributed by atoms with Gasteiger partial charge in [-0.2, -0.15) is 0 Å². The maximum Gasteiger partial charge on any atom is 0.224 e. The molecule has 1 aliphatic carbocycles. The number of halogens is 1. The molecule has 0 heterocycles. The minimum Gasteiger partial charge on any atom is -0.369 e. The van der Waals surface area contributed by atoms with Crippen molar-refractivity contribution in [3.05, 3.63) is 34.3 Å². The lowest BCUT2D eigenvalue weighted by Crippen LogP contribution is -2.38. The SMILES string of the molecule is CC(CC(=O)c1ccc(Br)cc1)(C(N)=O)C1CC1. The Balaban J connectivity index is 2.15. The van der Waals surface area contributed by atoms with Crippen molar-refractivity contribution in [3.8, 4) is 0 Å². The molecule has 1 aromatic carbocycles. The van der Waals surface area contributed by atoms with Gasteiger partial charge in [0.15, 0.2) is 5.78 Å². The Hall–Kier alpha value is -1.16. The average molecular weight is 310 g/mol. The first-order chi connectivity index (χ1) is 8.43. The van der Waals surface area contributed by atoms with Gasteiger partial charge in [-0.05, 0) is 30.9 Å². The molecule has 3 nitrogen and oxygen atoms in total. The molecule has 2 rings (SSSR count). The van der Waals surface area contributed by atoms with Crippen molar-refractivity contribution < 1.29 is 9.59 Å². The van der Waals surface area contributed by atoms with E-state index in [2.05, 4.69) is 15.9 Å². The van der Waals surface area contributed by atoms with Gasteiger partial charge in [-0.1, -0.05) is 35.0 Å². The van der Waals surface area contributed by atoms with E-state index in [1.165, 1.54) is 0 Å². The van der Waals surface area contributed by atoms with E-state index >= 15 is 0 Å². The second-order valence-electron chi connectivity index (χ2n) is 5.16. The number of carbonyl (C=O) groups is 2. The van der Waals surface area contributed by atoms with E-state index in [1.807, 2.05) is 19.1 Å². The number of Topliss-reactive ketones (excluding diaryl/α,β-unsaturated/α-hetero) is 1. The number of rotatable bonds is 5. The molecule has 1 atom stereocenters. The zero-order valence-electron chi connectivity index (χ0n) is 10.3. The van der Waals surface area contributed by atoms with E-state index in [0.29, 0.717) is 5.56 Å². The van der Waals surface area contributed by atoms with Crippen LogP contribution in [-0.4, -0.2) is 11.7 Å². The number of amides is 1. The van der Waals surface area contributed by atoms with Crippen molar-refractivity contribution in [3.63, 3.8) is 0 Å². The number of nitrogens with two attached hydrogens (primary N) is 1. The summed E-state index contributed by atoms with van der Waals surface area (Å²) < 4.78 is 0.930. The smallest absolute Gasteiger partial charge is 0.224 e. The lowest BCUT2D eigenvalue weighted by atomic mass is 9.78. The molecule has 96 valence electrons. The predicted octanol–water partition coefficient (Wildman–Crippen LogP) is 2.92. The van der Waals surface area contributed by atoms with Crippen LogP contribution in [0, 0.1) is 11.3 Å². The fraction of sp³-hybridized carbons (Fsp3) is 0.429. The van der Waals surface area contributed by atoms with Gasteiger partial charge in [0.25, 0.3) is 0 Å². The third-order valence-electron chi connectivity index (χ3n) is 3.74. The van der Waals surface area contributed by atoms with Gasteiger partial charge in [0.2, 0.25) is 5.91 Å². The normalized spacial score (nSPS) is 18.1. The topological polar surface area (TPSA) is 60.2 Å². The second-order valence-corrected chi connectivity index (χ2v) is 6.08. The number of carbonyl (C=O) groups excluding carboxylic acids is 2. The fourth-order valence-electron chi connectivity index (χ4n) is 2.22. The van der Waals surface area contributed by atoms with E-state index in [4.69, 9.17) is 5.73 Å². The summed E-state index contributed by atoms with van der Waals surface area (Å²) in [5, 5.41) is 0. The summed E-state index contributed by atoms with van der Waals surface area (Å²) in [6.07, 6.45) is 2.19. The molecular formula is C14H16BrNO2. The summed E-state index contributed by atoms with van der Waals surface area (Å²) in [5.74, 6) is -0.111. The number of ketones is 1. The van der Waals surface area contributed by atoms with Crippen LogP contribution in [0.1, 0.15) is 36.5 Å². The summed E-state index contributed by atoms with van der Waals surface area (Å²) in [5.41, 5.74) is 5.40. The highest BCUT2D eigenvalue weighted by atomic mass is 79.9. The van der Waals surface area contributed by atoms with Crippen molar-refractivity contribution in [2.75, 3.05) is 0 Å². The van der Waals surface area contributed by atoms with Crippen molar-refractivity contribution in [1.82, 2.24) is 0 Å². The molecule has 1 saturated carbocycles. The summed E-state index contributed by atoms with van der Waals surface area (Å²) in [6, 6.07) is 7.18. The number of hydrogen-bond donors (Lipinski definition) is 1. The maximum atomic E-state index is 12.2. The Labute approximate surface area is 115 Å². The zero-order valence-corrected chi connectivity index (χ0v) is 11.9. The van der Waals surface area contributed by atoms with Crippen molar-refractivity contribution in [2.45, 2.75) is 26.2 Å². The first-order valence-corrected chi connectivity index (χ1v) is 6.81. The molecule has 0 radical (unpaired) electrons. The van der Waals surface area contributed by atoms with Gasteiger partial charge >= 0.3 is 0 Å². The van der Waals surface area contributed by atoms with Crippen molar-refractivity contribution in [2.24, 2.45) is 17.1 Å². The van der Waals surface area contributed by atoms with Crippen LogP contribution >= 0.6 is 15.9 Å². The van der Waals surface area contributed by atoms with Crippen LogP contribution in [0.2, 0.25) is 0 Å². The van der Waals surface area contributed by atoms with Crippen LogP contribution in [0.15, 0.2) is 28.7 Å². The van der Waals surface area contributed by atoms with Crippen LogP contribution in [0.3, 0.4) is 0 Å². The monoisotopic (exact) mass is 309 g/mol. The minimum absolute atomic E-state index is 0.0179. The third kappa shape index (κ3) is 2.64. The third-order valence-corrected chi connectivity index (χ3v) is 4.26. The fourth-order valence-corrected chi connectivity index (χ4v) is 2.49. The van der Waals surface area contributed by atoms with Gasteiger partial charge in [0, 0.05) is 16.5 Å². The van der Waals surface area contributed by atoms with Crippen molar-refractivity contribution in [1.29, 1.82) is 0 Å². The van der Waals surface area contributed by atoms with Gasteiger partial charge in [-0.3, -0.25) is 9.59 Å². The largest absolute Gasteiger partial charge is 0.369 e.